The second kappa shape index (κ2) is 6.46. The first kappa shape index (κ1) is 12.9. The number of rotatable bonds is 5. The minimum absolute atomic E-state index is 0.604. The number of hydrogen-bond acceptors (Lipinski definition) is 3. The summed E-state index contributed by atoms with van der Waals surface area (Å²) in [6.45, 7) is 7.12. The van der Waals surface area contributed by atoms with Crippen molar-refractivity contribution in [3.05, 3.63) is 0 Å². The van der Waals surface area contributed by atoms with E-state index in [9.17, 15) is 0 Å². The van der Waals surface area contributed by atoms with Crippen molar-refractivity contribution in [2.75, 3.05) is 47.3 Å². The van der Waals surface area contributed by atoms with E-state index in [-0.39, 0.29) is 0 Å². The Morgan fingerprint density at radius 1 is 1.47 bits per heavy atom. The van der Waals surface area contributed by atoms with E-state index in [1.54, 1.807) is 0 Å². The van der Waals surface area contributed by atoms with E-state index in [0.29, 0.717) is 6.04 Å². The zero-order valence-corrected chi connectivity index (χ0v) is 10.8. The van der Waals surface area contributed by atoms with Crippen LogP contribution in [-0.2, 0) is 0 Å². The minimum atomic E-state index is 0.604. The van der Waals surface area contributed by atoms with Crippen LogP contribution in [0.15, 0.2) is 0 Å². The van der Waals surface area contributed by atoms with E-state index in [2.05, 4.69) is 43.2 Å². The van der Waals surface area contributed by atoms with Gasteiger partial charge in [-0.15, -0.1) is 0 Å². The van der Waals surface area contributed by atoms with Gasteiger partial charge >= 0.3 is 0 Å². The molecule has 0 bridgehead atoms. The van der Waals surface area contributed by atoms with Gasteiger partial charge in [-0.2, -0.15) is 0 Å². The monoisotopic (exact) mass is 213 g/mol. The molecule has 90 valence electrons. The van der Waals surface area contributed by atoms with Crippen molar-refractivity contribution in [3.63, 3.8) is 0 Å². The Morgan fingerprint density at radius 2 is 2.20 bits per heavy atom. The van der Waals surface area contributed by atoms with E-state index in [1.807, 2.05) is 0 Å². The fraction of sp³-hybridized carbons (Fsp3) is 1.00. The molecule has 3 nitrogen and oxygen atoms in total. The Labute approximate surface area is 94.8 Å². The van der Waals surface area contributed by atoms with E-state index < -0.39 is 0 Å². The molecule has 2 unspecified atom stereocenters. The van der Waals surface area contributed by atoms with Gasteiger partial charge in [0.15, 0.2) is 0 Å². The lowest BCUT2D eigenvalue weighted by Crippen LogP contribution is -2.42. The second-order valence-electron chi connectivity index (χ2n) is 5.34. The third-order valence-electron chi connectivity index (χ3n) is 3.12. The second-order valence-corrected chi connectivity index (χ2v) is 5.34. The lowest BCUT2D eigenvalue weighted by atomic mass is 9.98. The predicted molar refractivity (Wildman–Crippen MR) is 66.2 cm³/mol. The summed E-state index contributed by atoms with van der Waals surface area (Å²) in [4.78, 5) is 4.69. The van der Waals surface area contributed by atoms with Crippen molar-refractivity contribution >= 4 is 0 Å². The number of hydrogen-bond donors (Lipinski definition) is 1. The molecule has 0 aromatic carbocycles. The van der Waals surface area contributed by atoms with Crippen molar-refractivity contribution in [1.82, 2.24) is 15.1 Å². The molecule has 0 aliphatic carbocycles. The number of likely N-dealkylation sites (tertiary alicyclic amines) is 1. The molecule has 0 saturated carbocycles. The molecular weight excluding hydrogens is 186 g/mol. The summed E-state index contributed by atoms with van der Waals surface area (Å²) < 4.78 is 0. The molecule has 0 radical (unpaired) electrons. The van der Waals surface area contributed by atoms with Crippen molar-refractivity contribution in [2.24, 2.45) is 5.92 Å². The van der Waals surface area contributed by atoms with Gasteiger partial charge in [0.05, 0.1) is 0 Å². The Bertz CT molecular complexity index is 170. The smallest absolute Gasteiger partial charge is 0.0166 e. The van der Waals surface area contributed by atoms with Gasteiger partial charge in [-0.25, -0.2) is 0 Å². The normalized spacial score (nSPS) is 25.8. The summed E-state index contributed by atoms with van der Waals surface area (Å²) in [5.41, 5.74) is 0. The van der Waals surface area contributed by atoms with Gasteiger partial charge in [0, 0.05) is 19.1 Å². The van der Waals surface area contributed by atoms with Crippen LogP contribution in [0.1, 0.15) is 19.8 Å². The van der Waals surface area contributed by atoms with Gasteiger partial charge in [-0.1, -0.05) is 0 Å². The lowest BCUT2D eigenvalue weighted by molar-refractivity contribution is 0.200. The fourth-order valence-corrected chi connectivity index (χ4v) is 2.42. The lowest BCUT2D eigenvalue weighted by Gasteiger charge is -2.31. The molecule has 3 heteroatoms. The summed E-state index contributed by atoms with van der Waals surface area (Å²) in [7, 11) is 6.49. The molecular formula is C12H27N3. The molecule has 1 rings (SSSR count). The first-order valence-electron chi connectivity index (χ1n) is 6.14. The third-order valence-corrected chi connectivity index (χ3v) is 3.12. The van der Waals surface area contributed by atoms with Gasteiger partial charge in [0.1, 0.15) is 0 Å². The summed E-state index contributed by atoms with van der Waals surface area (Å²) >= 11 is 0. The molecule has 0 aromatic rings. The predicted octanol–water partition coefficient (Wildman–Crippen LogP) is 0.868. The molecule has 1 heterocycles. The quantitative estimate of drug-likeness (QED) is 0.731. The molecule has 1 aliphatic rings. The first-order chi connectivity index (χ1) is 7.08. The standard InChI is InChI=1S/C12H27N3/c1-11(9-14(2)3)13-8-12-6-5-7-15(4)10-12/h11-13H,5-10H2,1-4H3. The Morgan fingerprint density at radius 3 is 2.80 bits per heavy atom. The van der Waals surface area contributed by atoms with Gasteiger partial charge in [0.2, 0.25) is 0 Å². The molecule has 1 fully saturated rings. The number of nitrogens with zero attached hydrogens (tertiary/aromatic N) is 2. The van der Waals surface area contributed by atoms with Crippen molar-refractivity contribution < 1.29 is 0 Å². The molecule has 15 heavy (non-hydrogen) atoms. The van der Waals surface area contributed by atoms with Gasteiger partial charge < -0.3 is 15.1 Å². The Hall–Kier alpha value is -0.120. The fourth-order valence-electron chi connectivity index (χ4n) is 2.42. The molecule has 0 amide bonds. The highest BCUT2D eigenvalue weighted by atomic mass is 15.1. The van der Waals surface area contributed by atoms with E-state index in [1.165, 1.54) is 32.5 Å². The summed E-state index contributed by atoms with van der Waals surface area (Å²) in [5, 5.41) is 3.64. The zero-order valence-electron chi connectivity index (χ0n) is 10.8. The minimum Gasteiger partial charge on any atom is -0.313 e. The molecule has 2 atom stereocenters. The zero-order chi connectivity index (χ0) is 11.3. The highest BCUT2D eigenvalue weighted by Gasteiger charge is 2.17. The highest BCUT2D eigenvalue weighted by Crippen LogP contribution is 2.13. The van der Waals surface area contributed by atoms with Crippen LogP contribution in [-0.4, -0.2) is 63.2 Å². The van der Waals surface area contributed by atoms with Crippen molar-refractivity contribution in [1.29, 1.82) is 0 Å². The molecule has 1 saturated heterocycles. The van der Waals surface area contributed by atoms with E-state index in [0.717, 1.165) is 12.5 Å². The molecule has 1 N–H and O–H groups in total. The van der Waals surface area contributed by atoms with Gasteiger partial charge in [-0.05, 0) is 59.9 Å². The average Bonchev–Trinajstić information content (AvgIpc) is 2.14. The average molecular weight is 213 g/mol. The maximum atomic E-state index is 3.64. The van der Waals surface area contributed by atoms with Crippen LogP contribution in [0.5, 0.6) is 0 Å². The number of piperidine rings is 1. The maximum absolute atomic E-state index is 3.64. The Kier molecular flexibility index (Phi) is 5.58. The van der Waals surface area contributed by atoms with Crippen LogP contribution in [0.3, 0.4) is 0 Å². The van der Waals surface area contributed by atoms with Crippen LogP contribution >= 0.6 is 0 Å². The molecule has 0 aromatic heterocycles. The molecule has 1 aliphatic heterocycles. The SMILES string of the molecule is CC(CN(C)C)NCC1CCCN(C)C1. The van der Waals surface area contributed by atoms with Crippen LogP contribution < -0.4 is 5.32 Å². The molecule has 0 spiro atoms. The maximum Gasteiger partial charge on any atom is 0.0166 e. The Balaban J connectivity index is 2.13. The number of nitrogens with one attached hydrogen (secondary N) is 1. The van der Waals surface area contributed by atoms with E-state index >= 15 is 0 Å². The summed E-state index contributed by atoms with van der Waals surface area (Å²) in [6.07, 6.45) is 2.76. The first-order valence-corrected chi connectivity index (χ1v) is 6.14. The number of likely N-dealkylation sites (N-methyl/N-ethyl adjacent to an activating group) is 1. The topological polar surface area (TPSA) is 18.5 Å². The van der Waals surface area contributed by atoms with Crippen LogP contribution in [0.4, 0.5) is 0 Å². The summed E-state index contributed by atoms with van der Waals surface area (Å²) in [6, 6.07) is 0.604. The third kappa shape index (κ3) is 5.50. The van der Waals surface area contributed by atoms with Gasteiger partial charge in [0.25, 0.3) is 0 Å². The van der Waals surface area contributed by atoms with Crippen LogP contribution in [0.2, 0.25) is 0 Å². The van der Waals surface area contributed by atoms with Crippen molar-refractivity contribution in [2.45, 2.75) is 25.8 Å². The van der Waals surface area contributed by atoms with E-state index in [4.69, 9.17) is 0 Å². The largest absolute Gasteiger partial charge is 0.313 e. The summed E-state index contributed by atoms with van der Waals surface area (Å²) in [5.74, 6) is 0.855. The van der Waals surface area contributed by atoms with Gasteiger partial charge in [-0.3, -0.25) is 0 Å². The van der Waals surface area contributed by atoms with Crippen LogP contribution in [0, 0.1) is 5.92 Å². The van der Waals surface area contributed by atoms with Crippen molar-refractivity contribution in [3.8, 4) is 0 Å². The highest BCUT2D eigenvalue weighted by molar-refractivity contribution is 4.74. The van der Waals surface area contributed by atoms with Crippen LogP contribution in [0.25, 0.3) is 0 Å².